The smallest absolute Gasteiger partial charge is 0.140 e. The number of rotatable bonds is 6. The van der Waals surface area contributed by atoms with Crippen LogP contribution in [0.3, 0.4) is 0 Å². The molecule has 4 heteroatoms. The summed E-state index contributed by atoms with van der Waals surface area (Å²) >= 11 is 0. The minimum atomic E-state index is 0.770. The molecule has 0 amide bonds. The number of aromatic nitrogens is 3. The second-order valence-corrected chi connectivity index (χ2v) is 3.14. The first kappa shape index (κ1) is 10.7. The van der Waals surface area contributed by atoms with E-state index in [1.54, 1.807) is 11.0 Å². The van der Waals surface area contributed by atoms with E-state index in [0.717, 1.165) is 38.2 Å². The van der Waals surface area contributed by atoms with Crippen LogP contribution in [-0.2, 0) is 13.6 Å². The van der Waals surface area contributed by atoms with Crippen LogP contribution in [0.5, 0.6) is 0 Å². The van der Waals surface area contributed by atoms with E-state index < -0.39 is 0 Å². The molecule has 1 aromatic heterocycles. The molecule has 0 saturated carbocycles. The number of aryl methyl sites for hydroxylation is 1. The standard InChI is InChI=1S/C10H16N4/c1-3-4-5-6-7-11-8-10-12-9-13-14(10)2/h1,9,11H,4-8H2,2H3. The van der Waals surface area contributed by atoms with Crippen molar-refractivity contribution < 1.29 is 0 Å². The summed E-state index contributed by atoms with van der Waals surface area (Å²) in [6.45, 7) is 1.75. The van der Waals surface area contributed by atoms with Crippen LogP contribution < -0.4 is 5.32 Å². The molecule has 0 aliphatic carbocycles. The van der Waals surface area contributed by atoms with E-state index in [1.807, 2.05) is 7.05 Å². The van der Waals surface area contributed by atoms with Gasteiger partial charge in [0.25, 0.3) is 0 Å². The van der Waals surface area contributed by atoms with Crippen LogP contribution in [0, 0.1) is 12.3 Å². The Morgan fingerprint density at radius 1 is 1.57 bits per heavy atom. The Kier molecular flexibility index (Phi) is 4.73. The maximum absolute atomic E-state index is 5.15. The third kappa shape index (κ3) is 3.58. The van der Waals surface area contributed by atoms with Gasteiger partial charge in [-0.15, -0.1) is 12.3 Å². The lowest BCUT2D eigenvalue weighted by Gasteiger charge is -2.02. The highest BCUT2D eigenvalue weighted by atomic mass is 15.3. The first-order valence-electron chi connectivity index (χ1n) is 4.81. The normalized spacial score (nSPS) is 10.0. The Morgan fingerprint density at radius 2 is 2.43 bits per heavy atom. The molecule has 0 unspecified atom stereocenters. The highest BCUT2D eigenvalue weighted by Gasteiger charge is 1.97. The third-order valence-corrected chi connectivity index (χ3v) is 2.01. The Hall–Kier alpha value is -1.34. The molecule has 0 fully saturated rings. The SMILES string of the molecule is C#CCCCCNCc1ncnn1C. The van der Waals surface area contributed by atoms with E-state index in [-0.39, 0.29) is 0 Å². The minimum absolute atomic E-state index is 0.770. The van der Waals surface area contributed by atoms with Gasteiger partial charge in [-0.25, -0.2) is 4.98 Å². The van der Waals surface area contributed by atoms with E-state index >= 15 is 0 Å². The number of nitrogens with one attached hydrogen (secondary N) is 1. The number of hydrogen-bond donors (Lipinski definition) is 1. The van der Waals surface area contributed by atoms with Crippen molar-refractivity contribution in [1.29, 1.82) is 0 Å². The lowest BCUT2D eigenvalue weighted by atomic mass is 10.2. The highest BCUT2D eigenvalue weighted by molar-refractivity contribution is 4.83. The van der Waals surface area contributed by atoms with Gasteiger partial charge >= 0.3 is 0 Å². The van der Waals surface area contributed by atoms with Crippen LogP contribution in [0.1, 0.15) is 25.1 Å². The largest absolute Gasteiger partial charge is 0.310 e. The van der Waals surface area contributed by atoms with Crippen molar-refractivity contribution in [1.82, 2.24) is 20.1 Å². The van der Waals surface area contributed by atoms with Crippen LogP contribution in [-0.4, -0.2) is 21.3 Å². The van der Waals surface area contributed by atoms with Gasteiger partial charge in [0.1, 0.15) is 12.2 Å². The number of hydrogen-bond acceptors (Lipinski definition) is 3. The lowest BCUT2D eigenvalue weighted by molar-refractivity contribution is 0.587. The molecule has 1 aromatic rings. The van der Waals surface area contributed by atoms with Crippen LogP contribution >= 0.6 is 0 Å². The van der Waals surface area contributed by atoms with E-state index in [1.165, 1.54) is 0 Å². The number of unbranched alkanes of at least 4 members (excludes halogenated alkanes) is 2. The van der Waals surface area contributed by atoms with Gasteiger partial charge < -0.3 is 5.32 Å². The van der Waals surface area contributed by atoms with Crippen LogP contribution in [0.2, 0.25) is 0 Å². The van der Waals surface area contributed by atoms with Crippen molar-refractivity contribution in [3.8, 4) is 12.3 Å². The Bertz CT molecular complexity index is 297. The van der Waals surface area contributed by atoms with Gasteiger partial charge in [-0.2, -0.15) is 5.10 Å². The quantitative estimate of drug-likeness (QED) is 0.533. The first-order valence-corrected chi connectivity index (χ1v) is 4.81. The molecule has 0 saturated heterocycles. The monoisotopic (exact) mass is 192 g/mol. The van der Waals surface area contributed by atoms with Gasteiger partial charge in [0.15, 0.2) is 0 Å². The summed E-state index contributed by atoms with van der Waals surface area (Å²) in [6.07, 6.45) is 9.78. The summed E-state index contributed by atoms with van der Waals surface area (Å²) in [5, 5.41) is 7.28. The maximum atomic E-state index is 5.15. The zero-order valence-corrected chi connectivity index (χ0v) is 8.53. The predicted octanol–water partition coefficient (Wildman–Crippen LogP) is 0.708. The molecule has 0 atom stereocenters. The van der Waals surface area contributed by atoms with Crippen molar-refractivity contribution in [2.75, 3.05) is 6.54 Å². The molecule has 0 radical (unpaired) electrons. The van der Waals surface area contributed by atoms with Crippen molar-refractivity contribution in [3.63, 3.8) is 0 Å². The zero-order valence-electron chi connectivity index (χ0n) is 8.53. The van der Waals surface area contributed by atoms with Gasteiger partial charge in [0.2, 0.25) is 0 Å². The predicted molar refractivity (Wildman–Crippen MR) is 55.4 cm³/mol. The van der Waals surface area contributed by atoms with E-state index in [0.29, 0.717) is 0 Å². The molecule has 0 aliphatic heterocycles. The van der Waals surface area contributed by atoms with Gasteiger partial charge in [-0.3, -0.25) is 4.68 Å². The molecular weight excluding hydrogens is 176 g/mol. The maximum Gasteiger partial charge on any atom is 0.140 e. The van der Waals surface area contributed by atoms with Crippen molar-refractivity contribution in [2.45, 2.75) is 25.8 Å². The van der Waals surface area contributed by atoms with Crippen LogP contribution in [0.15, 0.2) is 6.33 Å². The van der Waals surface area contributed by atoms with Gasteiger partial charge in [0, 0.05) is 13.5 Å². The summed E-state index contributed by atoms with van der Waals surface area (Å²) < 4.78 is 1.77. The molecule has 0 aliphatic rings. The molecule has 1 N–H and O–H groups in total. The summed E-state index contributed by atoms with van der Waals surface area (Å²) in [6, 6.07) is 0. The molecule has 0 spiro atoms. The van der Waals surface area contributed by atoms with Gasteiger partial charge in [-0.1, -0.05) is 0 Å². The fraction of sp³-hybridized carbons (Fsp3) is 0.600. The number of nitrogens with zero attached hydrogens (tertiary/aromatic N) is 3. The summed E-state index contributed by atoms with van der Waals surface area (Å²) in [4.78, 5) is 4.11. The topological polar surface area (TPSA) is 42.7 Å². The Labute approximate surface area is 84.7 Å². The van der Waals surface area contributed by atoms with Crippen molar-refractivity contribution >= 4 is 0 Å². The summed E-state index contributed by atoms with van der Waals surface area (Å²) in [5.41, 5.74) is 0. The molecule has 0 aromatic carbocycles. The minimum Gasteiger partial charge on any atom is -0.310 e. The second-order valence-electron chi connectivity index (χ2n) is 3.14. The molecule has 14 heavy (non-hydrogen) atoms. The Morgan fingerprint density at radius 3 is 3.07 bits per heavy atom. The summed E-state index contributed by atoms with van der Waals surface area (Å²) in [7, 11) is 1.89. The third-order valence-electron chi connectivity index (χ3n) is 2.01. The average Bonchev–Trinajstić information content (AvgIpc) is 2.58. The van der Waals surface area contributed by atoms with E-state index in [9.17, 15) is 0 Å². The fourth-order valence-corrected chi connectivity index (χ4v) is 1.16. The molecule has 1 rings (SSSR count). The first-order chi connectivity index (χ1) is 6.84. The van der Waals surface area contributed by atoms with E-state index in [2.05, 4.69) is 21.3 Å². The number of terminal acetylenes is 1. The van der Waals surface area contributed by atoms with Gasteiger partial charge in [0.05, 0.1) is 6.54 Å². The summed E-state index contributed by atoms with van der Waals surface area (Å²) in [5.74, 6) is 3.59. The van der Waals surface area contributed by atoms with Crippen LogP contribution in [0.25, 0.3) is 0 Å². The fourth-order valence-electron chi connectivity index (χ4n) is 1.16. The average molecular weight is 192 g/mol. The molecular formula is C10H16N4. The highest BCUT2D eigenvalue weighted by Crippen LogP contribution is 1.93. The molecule has 4 nitrogen and oxygen atoms in total. The zero-order chi connectivity index (χ0) is 10.2. The van der Waals surface area contributed by atoms with Crippen LogP contribution in [0.4, 0.5) is 0 Å². The molecule has 76 valence electrons. The van der Waals surface area contributed by atoms with Crippen molar-refractivity contribution in [2.24, 2.45) is 7.05 Å². The van der Waals surface area contributed by atoms with Gasteiger partial charge in [-0.05, 0) is 19.4 Å². The second kappa shape index (κ2) is 6.17. The lowest BCUT2D eigenvalue weighted by Crippen LogP contribution is -2.17. The Balaban J connectivity index is 2.05. The van der Waals surface area contributed by atoms with E-state index in [4.69, 9.17) is 6.42 Å². The van der Waals surface area contributed by atoms with Crippen molar-refractivity contribution in [3.05, 3.63) is 12.2 Å². The molecule has 1 heterocycles. The molecule has 0 bridgehead atoms.